The van der Waals surface area contributed by atoms with E-state index in [2.05, 4.69) is 88.7 Å². The third-order valence-corrected chi connectivity index (χ3v) is 6.52. The summed E-state index contributed by atoms with van der Waals surface area (Å²) in [5, 5.41) is 1.10. The first-order valence-corrected chi connectivity index (χ1v) is 10.1. The lowest BCUT2D eigenvalue weighted by molar-refractivity contribution is -0.635. The van der Waals surface area contributed by atoms with Crippen LogP contribution in [0, 0.1) is 34.6 Å². The number of aryl methyl sites for hydroxylation is 5. The van der Waals surface area contributed by atoms with Crippen molar-refractivity contribution in [3.8, 4) is 21.8 Å². The first-order valence-electron chi connectivity index (χ1n) is 9.31. The topological polar surface area (TPSA) is 16.8 Å². The van der Waals surface area contributed by atoms with E-state index in [0.717, 1.165) is 10.7 Å². The van der Waals surface area contributed by atoms with Crippen LogP contribution >= 0.6 is 11.3 Å². The van der Waals surface area contributed by atoms with E-state index in [4.69, 9.17) is 4.98 Å². The van der Waals surface area contributed by atoms with Gasteiger partial charge in [-0.2, -0.15) is 0 Å². The molecule has 27 heavy (non-hydrogen) atoms. The number of thiazole rings is 1. The van der Waals surface area contributed by atoms with Crippen molar-refractivity contribution in [3.63, 3.8) is 0 Å². The van der Waals surface area contributed by atoms with E-state index < -0.39 is 0 Å². The summed E-state index contributed by atoms with van der Waals surface area (Å²) >= 11 is 1.78. The Hall–Kier alpha value is -2.52. The molecule has 3 heteroatoms. The zero-order valence-corrected chi connectivity index (χ0v) is 17.7. The number of nitrogens with zero attached hydrogens (tertiary/aromatic N) is 2. The number of fused-ring (bicyclic) bond motifs is 1. The lowest BCUT2D eigenvalue weighted by atomic mass is 9.97. The minimum absolute atomic E-state index is 1.05. The van der Waals surface area contributed by atoms with Crippen LogP contribution in [0.3, 0.4) is 0 Å². The number of rotatable bonds is 2. The van der Waals surface area contributed by atoms with Crippen molar-refractivity contribution in [2.24, 2.45) is 7.05 Å². The molecule has 0 aliphatic carbocycles. The fourth-order valence-electron chi connectivity index (χ4n) is 3.89. The lowest BCUT2D eigenvalue weighted by Gasteiger charge is -2.11. The van der Waals surface area contributed by atoms with E-state index in [1.54, 1.807) is 11.3 Å². The van der Waals surface area contributed by atoms with Gasteiger partial charge in [-0.05, 0) is 80.1 Å². The average Bonchev–Trinajstić information content (AvgIpc) is 3.03. The Labute approximate surface area is 165 Å². The fourth-order valence-corrected chi connectivity index (χ4v) is 5.06. The van der Waals surface area contributed by atoms with Crippen LogP contribution in [-0.2, 0) is 7.05 Å². The van der Waals surface area contributed by atoms with Gasteiger partial charge in [0.15, 0.2) is 0 Å². The average molecular weight is 374 g/mol. The Morgan fingerprint density at radius 3 is 2.26 bits per heavy atom. The molecular formula is C24H25N2S+. The molecule has 0 N–H and O–H groups in total. The van der Waals surface area contributed by atoms with Crippen molar-refractivity contribution in [1.82, 2.24) is 4.98 Å². The van der Waals surface area contributed by atoms with Crippen LogP contribution in [0.2, 0.25) is 0 Å². The maximum atomic E-state index is 5.05. The quantitative estimate of drug-likeness (QED) is 0.394. The van der Waals surface area contributed by atoms with E-state index in [1.165, 1.54) is 49.3 Å². The second-order valence-corrected chi connectivity index (χ2v) is 8.54. The van der Waals surface area contributed by atoms with E-state index in [0.29, 0.717) is 0 Å². The number of pyridine rings is 1. The molecule has 0 unspecified atom stereocenters. The summed E-state index contributed by atoms with van der Waals surface area (Å²) in [6.45, 7) is 10.9. The minimum atomic E-state index is 1.05. The van der Waals surface area contributed by atoms with Crippen LogP contribution in [0.5, 0.6) is 0 Å². The summed E-state index contributed by atoms with van der Waals surface area (Å²) < 4.78 is 3.46. The Morgan fingerprint density at radius 1 is 0.852 bits per heavy atom. The van der Waals surface area contributed by atoms with E-state index in [-0.39, 0.29) is 0 Å². The number of aromatic nitrogens is 2. The normalized spacial score (nSPS) is 11.3. The molecular weight excluding hydrogens is 348 g/mol. The van der Waals surface area contributed by atoms with Gasteiger partial charge in [-0.1, -0.05) is 41.2 Å². The summed E-state index contributed by atoms with van der Waals surface area (Å²) in [6, 6.07) is 15.4. The molecule has 0 fully saturated rings. The fraction of sp³-hybridized carbons (Fsp3) is 0.250. The van der Waals surface area contributed by atoms with Crippen LogP contribution in [0.15, 0.2) is 42.5 Å². The maximum Gasteiger partial charge on any atom is 0.342 e. The highest BCUT2D eigenvalue weighted by Gasteiger charge is 2.22. The summed E-state index contributed by atoms with van der Waals surface area (Å²) in [7, 11) is 2.13. The van der Waals surface area contributed by atoms with Crippen LogP contribution in [0.4, 0.5) is 0 Å². The van der Waals surface area contributed by atoms with Crippen molar-refractivity contribution >= 4 is 21.7 Å². The molecule has 2 aromatic heterocycles. The maximum absolute atomic E-state index is 5.05. The molecule has 0 saturated carbocycles. The molecule has 0 radical (unpaired) electrons. The molecule has 0 saturated heterocycles. The molecule has 0 amide bonds. The molecule has 4 aromatic rings. The number of hydrogen-bond donors (Lipinski definition) is 0. The molecule has 136 valence electrons. The SMILES string of the molecule is Cc1cc(C)c(C)c(-c2ccc3sc(-c4c(C)cccc4C)nc3[n+]2C)c1. The van der Waals surface area contributed by atoms with Crippen LogP contribution in [0.25, 0.3) is 32.2 Å². The van der Waals surface area contributed by atoms with Gasteiger partial charge in [0, 0.05) is 11.1 Å². The van der Waals surface area contributed by atoms with Crippen molar-refractivity contribution in [2.45, 2.75) is 34.6 Å². The van der Waals surface area contributed by atoms with Gasteiger partial charge in [0.1, 0.15) is 10.4 Å². The van der Waals surface area contributed by atoms with Crippen LogP contribution < -0.4 is 4.57 Å². The van der Waals surface area contributed by atoms with Gasteiger partial charge >= 0.3 is 5.65 Å². The smallest absolute Gasteiger partial charge is 0.225 e. The summed E-state index contributed by atoms with van der Waals surface area (Å²) in [5.41, 5.74) is 11.3. The highest BCUT2D eigenvalue weighted by Crippen LogP contribution is 2.34. The zero-order chi connectivity index (χ0) is 19.3. The Balaban J connectivity index is 1.94. The Morgan fingerprint density at radius 2 is 1.56 bits per heavy atom. The predicted molar refractivity (Wildman–Crippen MR) is 115 cm³/mol. The molecule has 0 aliphatic heterocycles. The van der Waals surface area contributed by atoms with E-state index in [9.17, 15) is 0 Å². The van der Waals surface area contributed by atoms with Gasteiger partial charge < -0.3 is 0 Å². The molecule has 0 bridgehead atoms. The van der Waals surface area contributed by atoms with Crippen molar-refractivity contribution in [2.75, 3.05) is 0 Å². The summed E-state index contributed by atoms with van der Waals surface area (Å²) in [5.74, 6) is 0. The van der Waals surface area contributed by atoms with Gasteiger partial charge in [0.25, 0.3) is 0 Å². The van der Waals surface area contributed by atoms with E-state index in [1.807, 2.05) is 0 Å². The standard InChI is InChI=1S/C24H25N2S/c1-14-12-17(4)18(5)19(13-14)20-10-11-21-23(26(20)6)25-24(27-21)22-15(2)8-7-9-16(22)3/h7-13H,1-6H3/q+1. The highest BCUT2D eigenvalue weighted by atomic mass is 32.1. The number of hydrogen-bond acceptors (Lipinski definition) is 2. The lowest BCUT2D eigenvalue weighted by Crippen LogP contribution is -2.32. The van der Waals surface area contributed by atoms with Gasteiger partial charge in [0.2, 0.25) is 5.01 Å². The predicted octanol–water partition coefficient (Wildman–Crippen LogP) is 6.00. The van der Waals surface area contributed by atoms with Crippen LogP contribution in [0.1, 0.15) is 27.8 Å². The molecule has 2 aromatic carbocycles. The van der Waals surface area contributed by atoms with Gasteiger partial charge in [-0.3, -0.25) is 0 Å². The third kappa shape index (κ3) is 2.96. The number of benzene rings is 2. The summed E-state index contributed by atoms with van der Waals surface area (Å²) in [4.78, 5) is 5.05. The highest BCUT2D eigenvalue weighted by molar-refractivity contribution is 7.21. The van der Waals surface area contributed by atoms with Crippen molar-refractivity contribution in [1.29, 1.82) is 0 Å². The Kier molecular flexibility index (Phi) is 4.35. The van der Waals surface area contributed by atoms with Gasteiger partial charge in [-0.15, -0.1) is 0 Å². The largest absolute Gasteiger partial charge is 0.342 e. The Bertz CT molecular complexity index is 1160. The van der Waals surface area contributed by atoms with Gasteiger partial charge in [-0.25, -0.2) is 4.57 Å². The molecule has 2 nitrogen and oxygen atoms in total. The third-order valence-electron chi connectivity index (χ3n) is 5.49. The van der Waals surface area contributed by atoms with Crippen molar-refractivity contribution in [3.05, 3.63) is 70.3 Å². The zero-order valence-electron chi connectivity index (χ0n) is 16.8. The molecule has 0 aliphatic rings. The molecule has 0 spiro atoms. The molecule has 0 atom stereocenters. The van der Waals surface area contributed by atoms with Gasteiger partial charge in [0.05, 0.1) is 7.05 Å². The monoisotopic (exact) mass is 373 g/mol. The molecule has 4 rings (SSSR count). The minimum Gasteiger partial charge on any atom is -0.225 e. The first kappa shape index (κ1) is 17.9. The summed E-state index contributed by atoms with van der Waals surface area (Å²) in [6.07, 6.45) is 0. The second-order valence-electron chi connectivity index (χ2n) is 7.51. The van der Waals surface area contributed by atoms with Crippen molar-refractivity contribution < 1.29 is 4.57 Å². The molecule has 2 heterocycles. The first-order chi connectivity index (χ1) is 12.9. The van der Waals surface area contributed by atoms with E-state index >= 15 is 0 Å². The van der Waals surface area contributed by atoms with Crippen LogP contribution in [-0.4, -0.2) is 4.98 Å². The second kappa shape index (κ2) is 6.58.